The molecule has 0 saturated heterocycles. The SMILES string of the molecule is O=C1CCC(c2ccc(O)c3c2C(=O)C(O)C(O)C3O)c2cccc(O)c21. The van der Waals surface area contributed by atoms with Crippen LogP contribution in [0.5, 0.6) is 11.5 Å². The number of benzene rings is 2. The summed E-state index contributed by atoms with van der Waals surface area (Å²) in [6, 6.07) is 7.53. The van der Waals surface area contributed by atoms with E-state index in [0.29, 0.717) is 17.5 Å². The highest BCUT2D eigenvalue weighted by molar-refractivity contribution is 6.05. The summed E-state index contributed by atoms with van der Waals surface area (Å²) in [5, 5.41) is 50.5. The molecule has 0 aromatic heterocycles. The zero-order valence-corrected chi connectivity index (χ0v) is 14.2. The van der Waals surface area contributed by atoms with Gasteiger partial charge < -0.3 is 25.5 Å². The summed E-state index contributed by atoms with van der Waals surface area (Å²) in [6.07, 6.45) is -4.65. The maximum Gasteiger partial charge on any atom is 0.194 e. The lowest BCUT2D eigenvalue weighted by atomic mass is 9.72. The molecule has 7 nitrogen and oxygen atoms in total. The summed E-state index contributed by atoms with van der Waals surface area (Å²) in [5.74, 6) is -1.95. The number of Topliss-reactive ketones (excluding diaryl/α,β-unsaturated/α-hetero) is 2. The minimum Gasteiger partial charge on any atom is -0.508 e. The molecule has 0 aliphatic heterocycles. The van der Waals surface area contributed by atoms with Gasteiger partial charge >= 0.3 is 0 Å². The lowest BCUT2D eigenvalue weighted by Gasteiger charge is -2.34. The Labute approximate surface area is 154 Å². The summed E-state index contributed by atoms with van der Waals surface area (Å²) >= 11 is 0. The molecule has 0 saturated carbocycles. The van der Waals surface area contributed by atoms with Crippen molar-refractivity contribution in [3.63, 3.8) is 0 Å². The second-order valence-electron chi connectivity index (χ2n) is 6.96. The normalized spacial score (nSPS) is 27.2. The molecule has 0 radical (unpaired) electrons. The Morgan fingerprint density at radius 2 is 1.52 bits per heavy atom. The third-order valence-electron chi connectivity index (χ3n) is 5.48. The molecular formula is C20H18O7. The fourth-order valence-electron chi connectivity index (χ4n) is 4.17. The van der Waals surface area contributed by atoms with E-state index in [1.54, 1.807) is 12.1 Å². The van der Waals surface area contributed by atoms with Crippen LogP contribution < -0.4 is 0 Å². The van der Waals surface area contributed by atoms with Crippen LogP contribution in [0.15, 0.2) is 30.3 Å². The molecular weight excluding hydrogens is 352 g/mol. The standard InChI is InChI=1S/C20H18O7/c21-11-3-1-2-9-8(4-6-12(22)14(9)11)10-5-7-13(23)16-15(10)17(24)19(26)20(27)18(16)25/h1-3,5,7-8,18-21,23,25-27H,4,6H2. The fraction of sp³-hybridized carbons (Fsp3) is 0.300. The summed E-state index contributed by atoms with van der Waals surface area (Å²) < 4.78 is 0. The molecule has 4 unspecified atom stereocenters. The van der Waals surface area contributed by atoms with E-state index in [2.05, 4.69) is 0 Å². The van der Waals surface area contributed by atoms with Gasteiger partial charge in [-0.05, 0) is 29.7 Å². The number of hydrogen-bond acceptors (Lipinski definition) is 7. The second kappa shape index (κ2) is 6.16. The molecule has 0 amide bonds. The van der Waals surface area contributed by atoms with Gasteiger partial charge in [0.05, 0.1) is 5.56 Å². The van der Waals surface area contributed by atoms with Crippen molar-refractivity contribution in [3.05, 3.63) is 58.1 Å². The van der Waals surface area contributed by atoms with Crippen molar-refractivity contribution in [3.8, 4) is 11.5 Å². The summed E-state index contributed by atoms with van der Waals surface area (Å²) in [5.41, 5.74) is 0.988. The lowest BCUT2D eigenvalue weighted by Crippen LogP contribution is -2.44. The molecule has 4 atom stereocenters. The highest BCUT2D eigenvalue weighted by Crippen LogP contribution is 2.46. The molecule has 2 aromatic carbocycles. The number of carbonyl (C=O) groups excluding carboxylic acids is 2. The van der Waals surface area contributed by atoms with Crippen molar-refractivity contribution < 1.29 is 35.1 Å². The molecule has 2 aliphatic carbocycles. The molecule has 2 aliphatic rings. The van der Waals surface area contributed by atoms with Gasteiger partial charge in [0, 0.05) is 23.5 Å². The van der Waals surface area contributed by atoms with Crippen molar-refractivity contribution >= 4 is 11.6 Å². The van der Waals surface area contributed by atoms with Gasteiger partial charge in [0.2, 0.25) is 0 Å². The van der Waals surface area contributed by atoms with Crippen LogP contribution in [-0.4, -0.2) is 49.3 Å². The van der Waals surface area contributed by atoms with Crippen molar-refractivity contribution in [1.82, 2.24) is 0 Å². The number of hydrogen-bond donors (Lipinski definition) is 5. The summed E-state index contributed by atoms with van der Waals surface area (Å²) in [4.78, 5) is 24.9. The third kappa shape index (κ3) is 2.47. The van der Waals surface area contributed by atoms with Crippen molar-refractivity contribution in [1.29, 1.82) is 0 Å². The van der Waals surface area contributed by atoms with Crippen LogP contribution >= 0.6 is 0 Å². The first-order valence-corrected chi connectivity index (χ1v) is 8.62. The Bertz CT molecular complexity index is 965. The van der Waals surface area contributed by atoms with E-state index in [-0.39, 0.29) is 40.4 Å². The smallest absolute Gasteiger partial charge is 0.194 e. The zero-order valence-electron chi connectivity index (χ0n) is 14.2. The average Bonchev–Trinajstić information content (AvgIpc) is 2.65. The van der Waals surface area contributed by atoms with E-state index in [1.807, 2.05) is 0 Å². The van der Waals surface area contributed by atoms with Gasteiger partial charge in [-0.2, -0.15) is 0 Å². The predicted octanol–water partition coefficient (Wildman–Crippen LogP) is 1.16. The zero-order chi connectivity index (χ0) is 19.5. The van der Waals surface area contributed by atoms with E-state index >= 15 is 0 Å². The molecule has 140 valence electrons. The molecule has 0 fully saturated rings. The largest absolute Gasteiger partial charge is 0.508 e. The summed E-state index contributed by atoms with van der Waals surface area (Å²) in [7, 11) is 0. The lowest BCUT2D eigenvalue weighted by molar-refractivity contribution is -0.0550. The van der Waals surface area contributed by atoms with Crippen LogP contribution in [0.1, 0.15) is 62.3 Å². The molecule has 0 heterocycles. The van der Waals surface area contributed by atoms with Crippen molar-refractivity contribution in [2.24, 2.45) is 0 Å². The number of aliphatic hydroxyl groups is 3. The molecule has 4 rings (SSSR count). The van der Waals surface area contributed by atoms with E-state index in [1.165, 1.54) is 18.2 Å². The number of phenols is 2. The fourth-order valence-corrected chi connectivity index (χ4v) is 4.17. The van der Waals surface area contributed by atoms with Crippen LogP contribution in [0, 0.1) is 0 Å². The van der Waals surface area contributed by atoms with E-state index in [4.69, 9.17) is 0 Å². The maximum absolute atomic E-state index is 12.7. The topological polar surface area (TPSA) is 135 Å². The number of carbonyl (C=O) groups is 2. The maximum atomic E-state index is 12.7. The van der Waals surface area contributed by atoms with Gasteiger partial charge in [0.25, 0.3) is 0 Å². The Hall–Kier alpha value is -2.74. The quantitative estimate of drug-likeness (QED) is 0.508. The van der Waals surface area contributed by atoms with Crippen molar-refractivity contribution in [2.45, 2.75) is 37.1 Å². The molecule has 7 heteroatoms. The van der Waals surface area contributed by atoms with Crippen LogP contribution in [0.2, 0.25) is 0 Å². The molecule has 0 bridgehead atoms. The van der Waals surface area contributed by atoms with Gasteiger partial charge in [-0.3, -0.25) is 9.59 Å². The van der Waals surface area contributed by atoms with Crippen LogP contribution in [0.25, 0.3) is 0 Å². The second-order valence-corrected chi connectivity index (χ2v) is 6.96. The van der Waals surface area contributed by atoms with Gasteiger partial charge in [0.1, 0.15) is 29.8 Å². The Balaban J connectivity index is 1.96. The highest BCUT2D eigenvalue weighted by Gasteiger charge is 2.44. The van der Waals surface area contributed by atoms with Gasteiger partial charge in [-0.15, -0.1) is 0 Å². The number of aliphatic hydroxyl groups excluding tert-OH is 3. The third-order valence-corrected chi connectivity index (χ3v) is 5.48. The minimum atomic E-state index is -1.82. The number of rotatable bonds is 1. The molecule has 27 heavy (non-hydrogen) atoms. The summed E-state index contributed by atoms with van der Waals surface area (Å²) in [6.45, 7) is 0. The van der Waals surface area contributed by atoms with Gasteiger partial charge in [-0.25, -0.2) is 0 Å². The first-order chi connectivity index (χ1) is 12.8. The van der Waals surface area contributed by atoms with Crippen LogP contribution in [0.4, 0.5) is 0 Å². The van der Waals surface area contributed by atoms with Crippen molar-refractivity contribution in [2.75, 3.05) is 0 Å². The Morgan fingerprint density at radius 1 is 0.815 bits per heavy atom. The van der Waals surface area contributed by atoms with Gasteiger partial charge in [-0.1, -0.05) is 18.2 Å². The number of ketones is 2. The highest BCUT2D eigenvalue weighted by atomic mass is 16.4. The van der Waals surface area contributed by atoms with Crippen LogP contribution in [0.3, 0.4) is 0 Å². The van der Waals surface area contributed by atoms with E-state index in [0.717, 1.165) is 0 Å². The van der Waals surface area contributed by atoms with E-state index < -0.39 is 30.0 Å². The number of aromatic hydroxyl groups is 2. The first-order valence-electron chi connectivity index (χ1n) is 8.62. The van der Waals surface area contributed by atoms with Gasteiger partial charge in [0.15, 0.2) is 11.6 Å². The predicted molar refractivity (Wildman–Crippen MR) is 92.9 cm³/mol. The molecule has 2 aromatic rings. The number of phenolic OH excluding ortho intramolecular Hbond substituents is 2. The monoisotopic (exact) mass is 370 g/mol. The first kappa shape index (κ1) is 17.7. The molecule has 5 N–H and O–H groups in total. The minimum absolute atomic E-state index is 0.0473. The molecule has 0 spiro atoms. The average molecular weight is 370 g/mol. The number of fused-ring (bicyclic) bond motifs is 2. The Kier molecular flexibility index (Phi) is 4.03. The van der Waals surface area contributed by atoms with E-state index in [9.17, 15) is 35.1 Å². The van der Waals surface area contributed by atoms with Crippen LogP contribution in [-0.2, 0) is 0 Å². The Morgan fingerprint density at radius 3 is 2.26 bits per heavy atom.